The van der Waals surface area contributed by atoms with Gasteiger partial charge in [-0.3, -0.25) is 9.36 Å². The maximum absolute atomic E-state index is 12.9. The first-order valence-corrected chi connectivity index (χ1v) is 9.92. The van der Waals surface area contributed by atoms with Crippen LogP contribution in [-0.4, -0.2) is 20.9 Å². The largest absolute Gasteiger partial charge is 0.505 e. The van der Waals surface area contributed by atoms with Crippen LogP contribution in [-0.2, 0) is 39.3 Å². The molecular weight excluding hydrogens is 453 g/mol. The predicted molar refractivity (Wildman–Crippen MR) is 114 cm³/mol. The van der Waals surface area contributed by atoms with E-state index in [0.29, 0.717) is 15.9 Å². The standard InChI is InChI=1S/C17H14N2O2S2.C2H6.CH3.Y/c1-4-9-19-15-14(23-17(18-15)22-3)13(20)12(16(19)21)11-8-6-5-7-10(11)2;1-2;;/h1,5-8,20H,9H2,2-3H3;1-2H3;1H3;/q;;-1;. The van der Waals surface area contributed by atoms with Crippen LogP contribution in [0.15, 0.2) is 33.4 Å². The van der Waals surface area contributed by atoms with Crippen molar-refractivity contribution in [3.8, 4) is 29.2 Å². The number of aromatic hydroxyl groups is 1. The summed E-state index contributed by atoms with van der Waals surface area (Å²) in [5.74, 6) is 2.47. The van der Waals surface area contributed by atoms with E-state index in [0.717, 1.165) is 9.90 Å². The van der Waals surface area contributed by atoms with Crippen molar-refractivity contribution in [1.29, 1.82) is 0 Å². The van der Waals surface area contributed by atoms with Crippen molar-refractivity contribution in [3.05, 3.63) is 47.6 Å². The summed E-state index contributed by atoms with van der Waals surface area (Å²) < 4.78 is 2.82. The average Bonchev–Trinajstić information content (AvgIpc) is 3.07. The van der Waals surface area contributed by atoms with Crippen LogP contribution in [0.3, 0.4) is 0 Å². The number of benzene rings is 1. The van der Waals surface area contributed by atoms with Gasteiger partial charge in [-0.05, 0) is 24.3 Å². The molecule has 7 heteroatoms. The van der Waals surface area contributed by atoms with Crippen molar-refractivity contribution >= 4 is 33.4 Å². The number of aryl methyl sites for hydroxylation is 1. The van der Waals surface area contributed by atoms with Gasteiger partial charge in [0, 0.05) is 32.7 Å². The van der Waals surface area contributed by atoms with Crippen LogP contribution in [0, 0.1) is 26.7 Å². The fraction of sp³-hybridized carbons (Fsp3) is 0.250. The molecule has 1 N–H and O–H groups in total. The number of hydrogen-bond acceptors (Lipinski definition) is 5. The van der Waals surface area contributed by atoms with Crippen LogP contribution >= 0.6 is 23.1 Å². The normalized spacial score (nSPS) is 9.44. The van der Waals surface area contributed by atoms with Gasteiger partial charge < -0.3 is 12.5 Å². The Balaban J connectivity index is 0.00000164. The molecule has 2 heterocycles. The Hall–Kier alpha value is -1.13. The maximum Gasteiger partial charge on any atom is 0.264 e. The number of thioether (sulfide) groups is 1. The van der Waals surface area contributed by atoms with Crippen molar-refractivity contribution in [2.24, 2.45) is 0 Å². The van der Waals surface area contributed by atoms with Crippen LogP contribution < -0.4 is 5.56 Å². The zero-order valence-electron chi connectivity index (χ0n) is 16.2. The van der Waals surface area contributed by atoms with Crippen molar-refractivity contribution < 1.29 is 37.8 Å². The third kappa shape index (κ3) is 5.03. The summed E-state index contributed by atoms with van der Waals surface area (Å²) in [7, 11) is 0. The molecule has 3 rings (SSSR count). The Morgan fingerprint density at radius 1 is 1.33 bits per heavy atom. The third-order valence-electron chi connectivity index (χ3n) is 3.59. The summed E-state index contributed by atoms with van der Waals surface area (Å²) in [6.07, 6.45) is 7.32. The van der Waals surface area contributed by atoms with Crippen LogP contribution in [0.25, 0.3) is 21.5 Å². The number of hydrogen-bond donors (Lipinski definition) is 1. The van der Waals surface area contributed by atoms with E-state index in [1.54, 1.807) is 0 Å². The second-order valence-corrected chi connectivity index (χ2v) is 7.02. The predicted octanol–water partition coefficient (Wildman–Crippen LogP) is 4.97. The number of terminal acetylenes is 1. The summed E-state index contributed by atoms with van der Waals surface area (Å²) in [6, 6.07) is 7.47. The van der Waals surface area contributed by atoms with Crippen molar-refractivity contribution in [1.82, 2.24) is 9.55 Å². The van der Waals surface area contributed by atoms with Gasteiger partial charge in [-0.15, -0.1) is 17.8 Å². The van der Waals surface area contributed by atoms with Gasteiger partial charge >= 0.3 is 0 Å². The van der Waals surface area contributed by atoms with E-state index in [-0.39, 0.29) is 63.6 Å². The van der Waals surface area contributed by atoms with Crippen LogP contribution in [0.5, 0.6) is 5.75 Å². The fourth-order valence-corrected chi connectivity index (χ4v) is 4.01. The second-order valence-electron chi connectivity index (χ2n) is 4.97. The minimum absolute atomic E-state index is 0. The monoisotopic (exact) mass is 476 g/mol. The Bertz CT molecular complexity index is 1000. The molecule has 141 valence electrons. The molecule has 0 bridgehead atoms. The van der Waals surface area contributed by atoms with Crippen molar-refractivity contribution in [3.63, 3.8) is 0 Å². The molecule has 1 radical (unpaired) electrons. The molecular formula is C20H23N2O2S2Y-. The van der Waals surface area contributed by atoms with Gasteiger partial charge in [0.15, 0.2) is 9.99 Å². The number of pyridine rings is 1. The van der Waals surface area contributed by atoms with E-state index < -0.39 is 0 Å². The maximum atomic E-state index is 12.9. The average molecular weight is 476 g/mol. The molecule has 4 nitrogen and oxygen atoms in total. The van der Waals surface area contributed by atoms with Gasteiger partial charge in [-0.1, -0.05) is 55.8 Å². The SMILES string of the molecule is C#CCn1c(=O)c(-c2ccccc2C)c(O)c2sc(SC)nc21.CC.[CH3-].[Y]. The van der Waals surface area contributed by atoms with Crippen LogP contribution in [0.4, 0.5) is 0 Å². The van der Waals surface area contributed by atoms with E-state index >= 15 is 0 Å². The molecule has 3 aromatic rings. The van der Waals surface area contributed by atoms with Crippen LogP contribution in [0.2, 0.25) is 0 Å². The number of aromatic nitrogens is 2. The summed E-state index contributed by atoms with van der Waals surface area (Å²) in [5.41, 5.74) is 2.03. The Kier molecular flexibility index (Phi) is 11.2. The van der Waals surface area contributed by atoms with E-state index in [2.05, 4.69) is 10.9 Å². The molecule has 27 heavy (non-hydrogen) atoms. The quantitative estimate of drug-likeness (QED) is 0.330. The molecule has 0 atom stereocenters. The molecule has 0 aliphatic heterocycles. The van der Waals surface area contributed by atoms with Gasteiger partial charge in [-0.25, -0.2) is 4.98 Å². The molecule has 2 aromatic heterocycles. The van der Waals surface area contributed by atoms with Crippen molar-refractivity contribution in [2.75, 3.05) is 6.26 Å². The summed E-state index contributed by atoms with van der Waals surface area (Å²) in [4.78, 5) is 17.3. The van der Waals surface area contributed by atoms with Crippen LogP contribution in [0.1, 0.15) is 19.4 Å². The number of rotatable bonds is 3. The first kappa shape index (κ1) is 25.9. The summed E-state index contributed by atoms with van der Waals surface area (Å²) in [6.45, 7) is 6.02. The topological polar surface area (TPSA) is 55.1 Å². The van der Waals surface area contributed by atoms with E-state index in [4.69, 9.17) is 6.42 Å². The molecule has 0 unspecified atom stereocenters. The Morgan fingerprint density at radius 2 is 1.96 bits per heavy atom. The number of nitrogens with zero attached hydrogens (tertiary/aromatic N) is 2. The molecule has 0 fully saturated rings. The smallest absolute Gasteiger partial charge is 0.264 e. The second kappa shape index (κ2) is 11.7. The van der Waals surface area contributed by atoms with Gasteiger partial charge in [0.05, 0.1) is 12.1 Å². The van der Waals surface area contributed by atoms with Gasteiger partial charge in [-0.2, -0.15) is 0 Å². The van der Waals surface area contributed by atoms with Gasteiger partial charge in [0.25, 0.3) is 5.56 Å². The first-order valence-electron chi connectivity index (χ1n) is 7.88. The summed E-state index contributed by atoms with van der Waals surface area (Å²) in [5, 5.41) is 10.7. The van der Waals surface area contributed by atoms with E-state index in [1.807, 2.05) is 51.3 Å². The molecule has 0 saturated heterocycles. The van der Waals surface area contributed by atoms with Gasteiger partial charge in [0.2, 0.25) is 0 Å². The Morgan fingerprint density at radius 3 is 2.52 bits per heavy atom. The minimum Gasteiger partial charge on any atom is -0.505 e. The fourth-order valence-electron chi connectivity index (χ4n) is 2.50. The zero-order chi connectivity index (χ0) is 18.6. The minimum atomic E-state index is -0.319. The third-order valence-corrected chi connectivity index (χ3v) is 5.63. The molecule has 0 spiro atoms. The van der Waals surface area contributed by atoms with E-state index in [9.17, 15) is 9.90 Å². The number of thiazole rings is 1. The molecule has 0 aliphatic carbocycles. The Labute approximate surface area is 194 Å². The molecule has 0 saturated carbocycles. The van der Waals surface area contributed by atoms with Gasteiger partial charge in [0.1, 0.15) is 10.4 Å². The number of fused-ring (bicyclic) bond motifs is 1. The van der Waals surface area contributed by atoms with Crippen molar-refractivity contribution in [2.45, 2.75) is 31.7 Å². The zero-order valence-corrected chi connectivity index (χ0v) is 20.7. The summed E-state index contributed by atoms with van der Waals surface area (Å²) >= 11 is 2.83. The molecule has 0 aliphatic rings. The molecule has 0 amide bonds. The molecule has 1 aromatic carbocycles. The van der Waals surface area contributed by atoms with E-state index in [1.165, 1.54) is 27.7 Å². The first-order chi connectivity index (χ1) is 12.1.